The number of carbonyl (C=O) groups is 1. The van der Waals surface area contributed by atoms with Crippen LogP contribution in [0.2, 0.25) is 5.02 Å². The fourth-order valence-electron chi connectivity index (χ4n) is 1.81. The van der Waals surface area contributed by atoms with Gasteiger partial charge < -0.3 is 15.4 Å². The van der Waals surface area contributed by atoms with Crippen molar-refractivity contribution in [1.29, 1.82) is 0 Å². The first-order valence-corrected chi connectivity index (χ1v) is 5.85. The molecule has 0 saturated heterocycles. The Balaban J connectivity index is 2.90. The van der Waals surface area contributed by atoms with Gasteiger partial charge in [0.2, 0.25) is 5.43 Å². The van der Waals surface area contributed by atoms with Gasteiger partial charge in [0.25, 0.3) is 0 Å². The zero-order chi connectivity index (χ0) is 14.2. The van der Waals surface area contributed by atoms with Crippen molar-refractivity contribution >= 4 is 34.2 Å². The molecule has 1 aromatic carbocycles. The van der Waals surface area contributed by atoms with Gasteiger partial charge in [-0.2, -0.15) is 0 Å². The fraction of sp³-hybridized carbons (Fsp3) is 0.167. The van der Waals surface area contributed by atoms with E-state index in [9.17, 15) is 14.0 Å². The molecule has 100 valence electrons. The Hall–Kier alpha value is -2.08. The van der Waals surface area contributed by atoms with E-state index in [2.05, 4.69) is 10.3 Å². The number of pyridine rings is 1. The minimum Gasteiger partial charge on any atom is -0.477 e. The van der Waals surface area contributed by atoms with E-state index in [0.717, 1.165) is 12.3 Å². The van der Waals surface area contributed by atoms with E-state index < -0.39 is 22.8 Å². The van der Waals surface area contributed by atoms with E-state index in [1.165, 1.54) is 0 Å². The van der Waals surface area contributed by atoms with Crippen molar-refractivity contribution in [3.63, 3.8) is 0 Å². The first-order chi connectivity index (χ1) is 8.97. The molecule has 1 aromatic heterocycles. The normalized spacial score (nSPS) is 10.7. The first kappa shape index (κ1) is 13.4. The highest BCUT2D eigenvalue weighted by Gasteiger charge is 2.17. The molecule has 0 unspecified atom stereocenters. The van der Waals surface area contributed by atoms with E-state index in [4.69, 9.17) is 16.7 Å². The molecule has 0 spiro atoms. The van der Waals surface area contributed by atoms with Crippen LogP contribution in [-0.4, -0.2) is 22.6 Å². The van der Waals surface area contributed by atoms with Gasteiger partial charge in [-0.05, 0) is 13.0 Å². The zero-order valence-electron chi connectivity index (χ0n) is 9.88. The van der Waals surface area contributed by atoms with Crippen LogP contribution in [0.5, 0.6) is 0 Å². The van der Waals surface area contributed by atoms with Gasteiger partial charge in [0, 0.05) is 12.7 Å². The van der Waals surface area contributed by atoms with Crippen molar-refractivity contribution < 1.29 is 14.3 Å². The summed E-state index contributed by atoms with van der Waals surface area (Å²) in [6.07, 6.45) is 1.07. The number of hydrogen-bond acceptors (Lipinski definition) is 3. The van der Waals surface area contributed by atoms with Crippen LogP contribution in [0.4, 0.5) is 10.1 Å². The second-order valence-corrected chi connectivity index (χ2v) is 4.21. The molecule has 7 heteroatoms. The van der Waals surface area contributed by atoms with Crippen LogP contribution < -0.4 is 10.7 Å². The number of carboxylic acids is 1. The molecule has 5 nitrogen and oxygen atoms in total. The summed E-state index contributed by atoms with van der Waals surface area (Å²) in [5.41, 5.74) is -0.677. The molecule has 0 aliphatic heterocycles. The summed E-state index contributed by atoms with van der Waals surface area (Å²) in [5.74, 6) is -2.15. The van der Waals surface area contributed by atoms with Crippen LogP contribution in [0.3, 0.4) is 0 Å². The van der Waals surface area contributed by atoms with Gasteiger partial charge in [0.1, 0.15) is 16.4 Å². The maximum absolute atomic E-state index is 13.7. The van der Waals surface area contributed by atoms with Crippen molar-refractivity contribution in [3.8, 4) is 0 Å². The van der Waals surface area contributed by atoms with Crippen LogP contribution in [0, 0.1) is 5.82 Å². The number of rotatable bonds is 3. The average Bonchev–Trinajstić information content (AvgIpc) is 2.36. The number of benzene rings is 1. The minimum atomic E-state index is -1.37. The molecule has 0 amide bonds. The second-order valence-electron chi connectivity index (χ2n) is 3.84. The molecule has 0 atom stereocenters. The quantitative estimate of drug-likeness (QED) is 0.808. The predicted octanol–water partition coefficient (Wildman–Crippen LogP) is 2.45. The highest BCUT2D eigenvalue weighted by molar-refractivity contribution is 6.35. The molecule has 0 fully saturated rings. The van der Waals surface area contributed by atoms with Crippen LogP contribution in [-0.2, 0) is 0 Å². The lowest BCUT2D eigenvalue weighted by molar-refractivity contribution is 0.0695. The number of nitrogens with one attached hydrogen (secondary N) is 2. The maximum atomic E-state index is 13.7. The Labute approximate surface area is 112 Å². The molecular formula is C12H10ClFN2O3. The van der Waals surface area contributed by atoms with Gasteiger partial charge >= 0.3 is 5.97 Å². The van der Waals surface area contributed by atoms with Gasteiger partial charge in [-0.25, -0.2) is 9.18 Å². The maximum Gasteiger partial charge on any atom is 0.341 e. The third-order valence-corrected chi connectivity index (χ3v) is 3.02. The lowest BCUT2D eigenvalue weighted by Gasteiger charge is -2.11. The number of carboxylic acid groups (broad SMARTS) is 1. The Kier molecular flexibility index (Phi) is 3.44. The van der Waals surface area contributed by atoms with Crippen molar-refractivity contribution in [1.82, 2.24) is 4.98 Å². The molecule has 3 N–H and O–H groups in total. The summed E-state index contributed by atoms with van der Waals surface area (Å²) in [6.45, 7) is 2.26. The van der Waals surface area contributed by atoms with Gasteiger partial charge in [-0.3, -0.25) is 4.79 Å². The number of halogens is 2. The lowest BCUT2D eigenvalue weighted by Crippen LogP contribution is -2.16. The standard InChI is InChI=1S/C12H10ClFN2O3/c1-2-15-10-8(13)7(14)3-5-9(10)16-4-6(11(5)17)12(18)19/h3-4,15H,2H2,1H3,(H,16,17)(H,18,19). The van der Waals surface area contributed by atoms with Gasteiger partial charge in [0.15, 0.2) is 0 Å². The van der Waals surface area contributed by atoms with Crippen molar-refractivity contribution in [2.75, 3.05) is 11.9 Å². The summed E-state index contributed by atoms with van der Waals surface area (Å²) < 4.78 is 13.7. The third kappa shape index (κ3) is 2.15. The van der Waals surface area contributed by atoms with E-state index in [1.807, 2.05) is 0 Å². The van der Waals surface area contributed by atoms with Crippen LogP contribution in [0.15, 0.2) is 17.1 Å². The Morgan fingerprint density at radius 1 is 1.58 bits per heavy atom. The first-order valence-electron chi connectivity index (χ1n) is 5.48. The number of aromatic amines is 1. The molecule has 0 aliphatic rings. The Morgan fingerprint density at radius 3 is 2.84 bits per heavy atom. The van der Waals surface area contributed by atoms with Crippen LogP contribution in [0.1, 0.15) is 17.3 Å². The molecule has 19 heavy (non-hydrogen) atoms. The van der Waals surface area contributed by atoms with Crippen LogP contribution in [0.25, 0.3) is 10.9 Å². The fourth-order valence-corrected chi connectivity index (χ4v) is 2.03. The Bertz CT molecular complexity index is 727. The number of fused-ring (bicyclic) bond motifs is 1. The molecule has 0 aliphatic carbocycles. The van der Waals surface area contributed by atoms with E-state index in [1.54, 1.807) is 6.92 Å². The molecule has 0 saturated carbocycles. The van der Waals surface area contributed by atoms with E-state index in [0.29, 0.717) is 6.54 Å². The zero-order valence-corrected chi connectivity index (χ0v) is 10.6. The molecule has 1 heterocycles. The van der Waals surface area contributed by atoms with Gasteiger partial charge in [0.05, 0.1) is 16.6 Å². The van der Waals surface area contributed by atoms with Crippen LogP contribution >= 0.6 is 11.6 Å². The number of aromatic nitrogens is 1. The largest absolute Gasteiger partial charge is 0.477 e. The number of H-pyrrole nitrogens is 1. The summed E-state index contributed by atoms with van der Waals surface area (Å²) in [6, 6.07) is 0.934. The smallest absolute Gasteiger partial charge is 0.341 e. The number of aromatic carboxylic acids is 1. The summed E-state index contributed by atoms with van der Waals surface area (Å²) in [5, 5.41) is 11.5. The van der Waals surface area contributed by atoms with Crippen molar-refractivity contribution in [3.05, 3.63) is 38.9 Å². The van der Waals surface area contributed by atoms with Gasteiger partial charge in [-0.15, -0.1) is 0 Å². The van der Waals surface area contributed by atoms with E-state index in [-0.39, 0.29) is 21.6 Å². The van der Waals surface area contributed by atoms with E-state index >= 15 is 0 Å². The molecule has 0 bridgehead atoms. The highest BCUT2D eigenvalue weighted by atomic mass is 35.5. The lowest BCUT2D eigenvalue weighted by atomic mass is 10.1. The van der Waals surface area contributed by atoms with Crippen molar-refractivity contribution in [2.24, 2.45) is 0 Å². The van der Waals surface area contributed by atoms with Crippen molar-refractivity contribution in [2.45, 2.75) is 6.92 Å². The topological polar surface area (TPSA) is 82.2 Å². The minimum absolute atomic E-state index is 0.0576. The molecule has 0 radical (unpaired) electrons. The highest BCUT2D eigenvalue weighted by Crippen LogP contribution is 2.31. The summed E-state index contributed by atoms with van der Waals surface area (Å²) >= 11 is 5.83. The summed E-state index contributed by atoms with van der Waals surface area (Å²) in [4.78, 5) is 25.5. The molecule has 2 rings (SSSR count). The monoisotopic (exact) mass is 284 g/mol. The predicted molar refractivity (Wildman–Crippen MR) is 70.7 cm³/mol. The Morgan fingerprint density at radius 2 is 2.26 bits per heavy atom. The molecule has 2 aromatic rings. The number of anilines is 1. The second kappa shape index (κ2) is 4.89. The van der Waals surface area contributed by atoms with Gasteiger partial charge in [-0.1, -0.05) is 11.6 Å². The third-order valence-electron chi connectivity index (χ3n) is 2.65. The number of hydrogen-bond donors (Lipinski definition) is 3. The molecular weight excluding hydrogens is 275 g/mol. The average molecular weight is 285 g/mol. The summed E-state index contributed by atoms with van der Waals surface area (Å²) in [7, 11) is 0. The SMILES string of the molecule is CCNc1c(Cl)c(F)cc2c(=O)c(C(=O)O)c[nH]c12.